The van der Waals surface area contributed by atoms with Crippen LogP contribution < -0.4 is 5.32 Å². The molecule has 0 amide bonds. The summed E-state index contributed by atoms with van der Waals surface area (Å²) in [6.07, 6.45) is 6.40. The Labute approximate surface area is 121 Å². The molecule has 1 aromatic carbocycles. The number of hydrogen-bond acceptors (Lipinski definition) is 3. The lowest BCUT2D eigenvalue weighted by molar-refractivity contribution is 0.312. The maximum Gasteiger partial charge on any atom is 0.0205 e. The Morgan fingerprint density at radius 1 is 1.21 bits per heavy atom. The zero-order chi connectivity index (χ0) is 13.1. The molecule has 2 nitrogen and oxygen atoms in total. The summed E-state index contributed by atoms with van der Waals surface area (Å²) in [5.41, 5.74) is 1.40. The van der Waals surface area contributed by atoms with Crippen molar-refractivity contribution in [3.05, 3.63) is 29.8 Å². The fraction of sp³-hybridized carbons (Fsp3) is 0.625. The molecule has 1 aliphatic heterocycles. The Bertz CT molecular complexity index is 400. The number of nitrogens with zero attached hydrogens (tertiary/aromatic N) is 1. The molecule has 0 radical (unpaired) electrons. The first-order valence-electron chi connectivity index (χ1n) is 7.43. The van der Waals surface area contributed by atoms with Gasteiger partial charge in [0, 0.05) is 24.0 Å². The summed E-state index contributed by atoms with van der Waals surface area (Å²) >= 11 is 1.80. The third kappa shape index (κ3) is 3.74. The summed E-state index contributed by atoms with van der Waals surface area (Å²) in [4.78, 5) is 4.04. The Kier molecular flexibility index (Phi) is 4.46. The average molecular weight is 276 g/mol. The van der Waals surface area contributed by atoms with E-state index < -0.39 is 0 Å². The summed E-state index contributed by atoms with van der Waals surface area (Å²) < 4.78 is 0. The number of hydrogen-bond donors (Lipinski definition) is 1. The summed E-state index contributed by atoms with van der Waals surface area (Å²) in [5.74, 6) is 0.867. The molecule has 2 fully saturated rings. The highest BCUT2D eigenvalue weighted by molar-refractivity contribution is 7.98. The molecule has 0 aromatic heterocycles. The molecule has 2 aliphatic rings. The molecule has 1 aliphatic carbocycles. The molecule has 1 N–H and O–H groups in total. The topological polar surface area (TPSA) is 15.3 Å². The summed E-state index contributed by atoms with van der Waals surface area (Å²) in [6, 6.07) is 9.86. The van der Waals surface area contributed by atoms with E-state index in [1.165, 1.54) is 49.4 Å². The monoisotopic (exact) mass is 276 g/mol. The predicted octanol–water partition coefficient (Wildman–Crippen LogP) is 2.98. The normalized spacial score (nSPS) is 23.9. The van der Waals surface area contributed by atoms with Crippen LogP contribution in [0, 0.1) is 5.92 Å². The van der Waals surface area contributed by atoms with Gasteiger partial charge in [0.05, 0.1) is 0 Å². The van der Waals surface area contributed by atoms with Crippen molar-refractivity contribution in [1.82, 2.24) is 10.2 Å². The Morgan fingerprint density at radius 2 is 2.00 bits per heavy atom. The summed E-state index contributed by atoms with van der Waals surface area (Å²) in [7, 11) is 0. The van der Waals surface area contributed by atoms with Crippen LogP contribution in [0.2, 0.25) is 0 Å². The van der Waals surface area contributed by atoms with Crippen LogP contribution in [-0.2, 0) is 6.54 Å². The minimum atomic E-state index is 0.867. The largest absolute Gasteiger partial charge is 0.312 e. The van der Waals surface area contributed by atoms with E-state index >= 15 is 0 Å². The van der Waals surface area contributed by atoms with E-state index in [1.54, 1.807) is 11.8 Å². The van der Waals surface area contributed by atoms with Gasteiger partial charge < -0.3 is 10.2 Å². The zero-order valence-electron chi connectivity index (χ0n) is 11.8. The molecule has 1 saturated carbocycles. The molecule has 3 rings (SSSR count). The van der Waals surface area contributed by atoms with Crippen LogP contribution in [0.3, 0.4) is 0 Å². The van der Waals surface area contributed by atoms with Gasteiger partial charge in [0.15, 0.2) is 0 Å². The lowest BCUT2D eigenvalue weighted by atomic mass is 10.1. The van der Waals surface area contributed by atoms with Gasteiger partial charge in [-0.3, -0.25) is 0 Å². The highest BCUT2D eigenvalue weighted by Gasteiger charge is 2.33. The molecule has 0 spiro atoms. The van der Waals surface area contributed by atoms with Crippen LogP contribution in [0.5, 0.6) is 0 Å². The van der Waals surface area contributed by atoms with E-state index in [9.17, 15) is 0 Å². The number of likely N-dealkylation sites (tertiary alicyclic amines) is 1. The molecule has 1 saturated heterocycles. The van der Waals surface area contributed by atoms with Crippen molar-refractivity contribution in [1.29, 1.82) is 0 Å². The van der Waals surface area contributed by atoms with Crippen molar-refractivity contribution in [2.75, 3.05) is 25.9 Å². The maximum absolute atomic E-state index is 3.63. The second-order valence-corrected chi connectivity index (χ2v) is 6.74. The summed E-state index contributed by atoms with van der Waals surface area (Å²) in [6.45, 7) is 4.84. The van der Waals surface area contributed by atoms with Crippen LogP contribution >= 0.6 is 11.8 Å². The SMILES string of the molecule is CSc1ccc(CNCC2CCN(C3CC3)C2)cc1. The van der Waals surface area contributed by atoms with Crippen LogP contribution in [0.1, 0.15) is 24.8 Å². The lowest BCUT2D eigenvalue weighted by Crippen LogP contribution is -2.27. The third-order valence-electron chi connectivity index (χ3n) is 4.30. The van der Waals surface area contributed by atoms with E-state index in [0.29, 0.717) is 0 Å². The molecule has 1 heterocycles. The minimum absolute atomic E-state index is 0.867. The maximum atomic E-state index is 3.63. The van der Waals surface area contributed by atoms with Gasteiger partial charge in [0.1, 0.15) is 0 Å². The molecule has 1 unspecified atom stereocenters. The molecule has 19 heavy (non-hydrogen) atoms. The quantitative estimate of drug-likeness (QED) is 0.804. The van der Waals surface area contributed by atoms with Gasteiger partial charge in [-0.25, -0.2) is 0 Å². The van der Waals surface area contributed by atoms with Gasteiger partial charge in [-0.15, -0.1) is 11.8 Å². The van der Waals surface area contributed by atoms with E-state index in [1.807, 2.05) is 0 Å². The highest BCUT2D eigenvalue weighted by atomic mass is 32.2. The van der Waals surface area contributed by atoms with Gasteiger partial charge in [0.2, 0.25) is 0 Å². The van der Waals surface area contributed by atoms with Crippen molar-refractivity contribution in [2.24, 2.45) is 5.92 Å². The summed E-state index contributed by atoms with van der Waals surface area (Å²) in [5, 5.41) is 3.63. The van der Waals surface area contributed by atoms with E-state index in [4.69, 9.17) is 0 Å². The Morgan fingerprint density at radius 3 is 2.68 bits per heavy atom. The Balaban J connectivity index is 1.38. The van der Waals surface area contributed by atoms with E-state index in [-0.39, 0.29) is 0 Å². The Hall–Kier alpha value is -0.510. The van der Waals surface area contributed by atoms with E-state index in [2.05, 4.69) is 40.7 Å². The number of nitrogens with one attached hydrogen (secondary N) is 1. The smallest absolute Gasteiger partial charge is 0.0205 e. The number of rotatable bonds is 6. The first kappa shape index (κ1) is 13.5. The van der Waals surface area contributed by atoms with Crippen molar-refractivity contribution >= 4 is 11.8 Å². The average Bonchev–Trinajstić information content (AvgIpc) is 3.20. The molecule has 104 valence electrons. The highest BCUT2D eigenvalue weighted by Crippen LogP contribution is 2.31. The second-order valence-electron chi connectivity index (χ2n) is 5.86. The predicted molar refractivity (Wildman–Crippen MR) is 82.6 cm³/mol. The first-order chi connectivity index (χ1) is 9.35. The van der Waals surface area contributed by atoms with Crippen molar-refractivity contribution < 1.29 is 0 Å². The van der Waals surface area contributed by atoms with Crippen LogP contribution in [0.25, 0.3) is 0 Å². The van der Waals surface area contributed by atoms with Crippen LogP contribution in [-0.4, -0.2) is 36.8 Å². The molecular formula is C16H24N2S. The van der Waals surface area contributed by atoms with Crippen molar-refractivity contribution in [3.63, 3.8) is 0 Å². The van der Waals surface area contributed by atoms with Crippen molar-refractivity contribution in [2.45, 2.75) is 36.7 Å². The van der Waals surface area contributed by atoms with Gasteiger partial charge in [0.25, 0.3) is 0 Å². The van der Waals surface area contributed by atoms with Crippen LogP contribution in [0.15, 0.2) is 29.2 Å². The second kappa shape index (κ2) is 6.29. The number of thioether (sulfide) groups is 1. The third-order valence-corrected chi connectivity index (χ3v) is 5.05. The fourth-order valence-corrected chi connectivity index (χ4v) is 3.37. The lowest BCUT2D eigenvalue weighted by Gasteiger charge is -2.15. The fourth-order valence-electron chi connectivity index (χ4n) is 2.96. The van der Waals surface area contributed by atoms with Gasteiger partial charge in [-0.2, -0.15) is 0 Å². The minimum Gasteiger partial charge on any atom is -0.312 e. The molecule has 1 aromatic rings. The van der Waals surface area contributed by atoms with Gasteiger partial charge >= 0.3 is 0 Å². The molecule has 1 atom stereocenters. The standard InChI is InChI=1S/C16H24N2S/c1-19-16-6-2-13(3-7-16)10-17-11-14-8-9-18(12-14)15-4-5-15/h2-3,6-7,14-15,17H,4-5,8-12H2,1H3. The van der Waals surface area contributed by atoms with Gasteiger partial charge in [-0.05, 0) is 62.2 Å². The van der Waals surface area contributed by atoms with Crippen molar-refractivity contribution in [3.8, 4) is 0 Å². The molecule has 3 heteroatoms. The number of benzene rings is 1. The zero-order valence-corrected chi connectivity index (χ0v) is 12.6. The molecule has 0 bridgehead atoms. The van der Waals surface area contributed by atoms with Gasteiger partial charge in [-0.1, -0.05) is 12.1 Å². The first-order valence-corrected chi connectivity index (χ1v) is 8.65. The van der Waals surface area contributed by atoms with Crippen LogP contribution in [0.4, 0.5) is 0 Å². The molecular weight excluding hydrogens is 252 g/mol. The van der Waals surface area contributed by atoms with E-state index in [0.717, 1.165) is 18.5 Å².